The van der Waals surface area contributed by atoms with Gasteiger partial charge in [-0.05, 0) is 61.4 Å². The van der Waals surface area contributed by atoms with Gasteiger partial charge in [-0.25, -0.2) is 0 Å². The summed E-state index contributed by atoms with van der Waals surface area (Å²) in [6.07, 6.45) is 5.24. The van der Waals surface area contributed by atoms with Crippen molar-refractivity contribution in [1.29, 1.82) is 0 Å². The highest BCUT2D eigenvalue weighted by molar-refractivity contribution is 6.75. The summed E-state index contributed by atoms with van der Waals surface area (Å²) in [4.78, 5) is 0. The molecule has 0 saturated heterocycles. The molecule has 0 aliphatic carbocycles. The third kappa shape index (κ3) is 7.55. The maximum absolute atomic E-state index is 6.67. The quantitative estimate of drug-likeness (QED) is 0.239. The molecule has 144 valence electrons. The predicted molar refractivity (Wildman–Crippen MR) is 114 cm³/mol. The van der Waals surface area contributed by atoms with Crippen LogP contribution in [0.15, 0.2) is 12.7 Å². The molecule has 1 atom stereocenters. The Bertz CT molecular complexity index is 361. The lowest BCUT2D eigenvalue weighted by atomic mass is 10.0. The lowest BCUT2D eigenvalue weighted by Gasteiger charge is -2.44. The SMILES string of the molecule is C=CC(C)CCCC(O[Si](C)(C)C(C)(C)C)O[Si](C)(C)C(C)(C)C. The van der Waals surface area contributed by atoms with Crippen LogP contribution in [-0.2, 0) is 8.85 Å². The van der Waals surface area contributed by atoms with Crippen LogP contribution in [0.4, 0.5) is 0 Å². The summed E-state index contributed by atoms with van der Waals surface area (Å²) < 4.78 is 13.3. The summed E-state index contributed by atoms with van der Waals surface area (Å²) in [5.74, 6) is 0.561. The molecular weight excluding hydrogens is 328 g/mol. The van der Waals surface area contributed by atoms with Crippen molar-refractivity contribution in [2.45, 2.75) is 110 Å². The van der Waals surface area contributed by atoms with Crippen LogP contribution in [0.1, 0.15) is 67.7 Å². The molecule has 0 rings (SSSR count). The summed E-state index contributed by atoms with van der Waals surface area (Å²) in [7, 11) is -3.67. The Morgan fingerprint density at radius 1 is 0.833 bits per heavy atom. The van der Waals surface area contributed by atoms with Gasteiger partial charge < -0.3 is 8.85 Å². The highest BCUT2D eigenvalue weighted by Gasteiger charge is 2.43. The molecule has 2 nitrogen and oxygen atoms in total. The van der Waals surface area contributed by atoms with Crippen LogP contribution < -0.4 is 0 Å². The Kier molecular flexibility index (Phi) is 8.69. The normalized spacial score (nSPS) is 15.7. The van der Waals surface area contributed by atoms with Gasteiger partial charge in [0.2, 0.25) is 0 Å². The summed E-state index contributed by atoms with van der Waals surface area (Å²) in [5, 5.41) is 0.410. The highest BCUT2D eigenvalue weighted by atomic mass is 28.4. The Labute approximate surface area is 154 Å². The zero-order valence-electron chi connectivity index (χ0n) is 18.4. The van der Waals surface area contributed by atoms with Crippen LogP contribution in [0.5, 0.6) is 0 Å². The largest absolute Gasteiger partial charge is 0.393 e. The van der Waals surface area contributed by atoms with Gasteiger partial charge in [0.05, 0.1) is 0 Å². The van der Waals surface area contributed by atoms with Crippen molar-refractivity contribution in [2.24, 2.45) is 5.92 Å². The molecule has 24 heavy (non-hydrogen) atoms. The number of hydrogen-bond donors (Lipinski definition) is 0. The number of allylic oxidation sites excluding steroid dienone is 1. The summed E-state index contributed by atoms with van der Waals surface area (Å²) in [5.41, 5.74) is 0. The van der Waals surface area contributed by atoms with E-state index >= 15 is 0 Å². The average Bonchev–Trinajstić information content (AvgIpc) is 2.34. The first kappa shape index (κ1) is 24.1. The van der Waals surface area contributed by atoms with Gasteiger partial charge in [0.25, 0.3) is 0 Å². The molecule has 4 heteroatoms. The van der Waals surface area contributed by atoms with Gasteiger partial charge in [0, 0.05) is 0 Å². The molecule has 0 heterocycles. The van der Waals surface area contributed by atoms with E-state index in [0.717, 1.165) is 19.3 Å². The van der Waals surface area contributed by atoms with Crippen LogP contribution >= 0.6 is 0 Å². The van der Waals surface area contributed by atoms with Gasteiger partial charge in [0.1, 0.15) is 6.29 Å². The van der Waals surface area contributed by atoms with Crippen molar-refractivity contribution < 1.29 is 8.85 Å². The van der Waals surface area contributed by atoms with E-state index in [1.807, 2.05) is 6.08 Å². The third-order valence-electron chi connectivity index (χ3n) is 5.97. The molecule has 0 amide bonds. The fraction of sp³-hybridized carbons (Fsp3) is 0.900. The molecule has 0 spiro atoms. The van der Waals surface area contributed by atoms with E-state index in [1.54, 1.807) is 0 Å². The fourth-order valence-corrected chi connectivity index (χ4v) is 4.33. The summed E-state index contributed by atoms with van der Waals surface area (Å²) >= 11 is 0. The van der Waals surface area contributed by atoms with Crippen LogP contribution in [0.2, 0.25) is 36.3 Å². The first-order chi connectivity index (χ1) is 10.5. The minimum absolute atomic E-state index is 0.0659. The van der Waals surface area contributed by atoms with E-state index in [1.165, 1.54) is 0 Å². The topological polar surface area (TPSA) is 18.5 Å². The molecule has 0 aliphatic heterocycles. The first-order valence-electron chi connectivity index (χ1n) is 9.52. The van der Waals surface area contributed by atoms with E-state index in [9.17, 15) is 0 Å². The number of rotatable bonds is 9. The van der Waals surface area contributed by atoms with Gasteiger partial charge in [-0.3, -0.25) is 0 Å². The van der Waals surface area contributed by atoms with Crippen molar-refractivity contribution >= 4 is 16.6 Å². The van der Waals surface area contributed by atoms with E-state index in [-0.39, 0.29) is 16.4 Å². The monoisotopic (exact) mass is 372 g/mol. The standard InChI is InChI=1S/C20H44O2Si2/c1-13-17(2)15-14-16-18(21-23(9,10)19(3,4)5)22-24(11,12)20(6,7)8/h13,17-18H,1,14-16H2,2-12H3. The van der Waals surface area contributed by atoms with E-state index in [2.05, 4.69) is 81.2 Å². The molecule has 0 aromatic rings. The minimum Gasteiger partial charge on any atom is -0.393 e. The Morgan fingerprint density at radius 2 is 1.21 bits per heavy atom. The first-order valence-corrected chi connectivity index (χ1v) is 15.3. The molecular formula is C20H44O2Si2. The highest BCUT2D eigenvalue weighted by Crippen LogP contribution is 2.41. The molecule has 0 aromatic carbocycles. The smallest absolute Gasteiger partial charge is 0.195 e. The molecule has 0 fully saturated rings. The van der Waals surface area contributed by atoms with Gasteiger partial charge >= 0.3 is 0 Å². The Hall–Kier alpha value is 0.0938. The van der Waals surface area contributed by atoms with Gasteiger partial charge in [-0.1, -0.05) is 54.5 Å². The fourth-order valence-electron chi connectivity index (χ4n) is 1.88. The summed E-state index contributed by atoms with van der Waals surface area (Å²) in [6, 6.07) is 0. The predicted octanol–water partition coefficient (Wildman–Crippen LogP) is 7.35. The van der Waals surface area contributed by atoms with E-state index in [0.29, 0.717) is 5.92 Å². The lowest BCUT2D eigenvalue weighted by Crippen LogP contribution is -2.50. The molecule has 0 saturated carbocycles. The lowest BCUT2D eigenvalue weighted by molar-refractivity contribution is -0.0244. The molecule has 0 radical (unpaired) electrons. The zero-order chi connectivity index (χ0) is 19.4. The second kappa shape index (κ2) is 8.65. The van der Waals surface area contributed by atoms with Crippen molar-refractivity contribution in [1.82, 2.24) is 0 Å². The Morgan fingerprint density at radius 3 is 1.50 bits per heavy atom. The second-order valence-electron chi connectivity index (χ2n) is 10.3. The van der Waals surface area contributed by atoms with Crippen molar-refractivity contribution in [3.05, 3.63) is 12.7 Å². The maximum atomic E-state index is 6.67. The van der Waals surface area contributed by atoms with Gasteiger partial charge in [0.15, 0.2) is 16.6 Å². The minimum atomic E-state index is -1.84. The molecule has 0 N–H and O–H groups in total. The Balaban J connectivity index is 5.13. The maximum Gasteiger partial charge on any atom is 0.195 e. The van der Waals surface area contributed by atoms with E-state index < -0.39 is 16.6 Å². The van der Waals surface area contributed by atoms with Crippen LogP contribution in [0.25, 0.3) is 0 Å². The molecule has 1 unspecified atom stereocenters. The summed E-state index contributed by atoms with van der Waals surface area (Å²) in [6.45, 7) is 29.2. The van der Waals surface area contributed by atoms with Crippen molar-refractivity contribution in [2.75, 3.05) is 0 Å². The molecule has 0 aliphatic rings. The molecule has 0 aromatic heterocycles. The zero-order valence-corrected chi connectivity index (χ0v) is 20.4. The average molecular weight is 373 g/mol. The van der Waals surface area contributed by atoms with Crippen molar-refractivity contribution in [3.63, 3.8) is 0 Å². The van der Waals surface area contributed by atoms with Gasteiger partial charge in [-0.15, -0.1) is 6.58 Å². The second-order valence-corrected chi connectivity index (χ2v) is 19.8. The van der Waals surface area contributed by atoms with Crippen molar-refractivity contribution in [3.8, 4) is 0 Å². The van der Waals surface area contributed by atoms with Crippen LogP contribution in [0, 0.1) is 5.92 Å². The third-order valence-corrected chi connectivity index (χ3v) is 14.9. The van der Waals surface area contributed by atoms with Crippen LogP contribution in [-0.4, -0.2) is 22.9 Å². The number of hydrogen-bond acceptors (Lipinski definition) is 2. The van der Waals surface area contributed by atoms with E-state index in [4.69, 9.17) is 8.85 Å². The molecule has 0 bridgehead atoms. The van der Waals surface area contributed by atoms with Gasteiger partial charge in [-0.2, -0.15) is 0 Å². The van der Waals surface area contributed by atoms with Crippen LogP contribution in [0.3, 0.4) is 0 Å².